The molecule has 0 N–H and O–H groups in total. The van der Waals surface area contributed by atoms with Crippen LogP contribution >= 0.6 is 0 Å². The molecule has 25 heavy (non-hydrogen) atoms. The van der Waals surface area contributed by atoms with Crippen molar-refractivity contribution in [1.29, 1.82) is 0 Å². The third kappa shape index (κ3) is 2.95. The number of carbonyl (C=O) groups excluding carboxylic acids is 1. The molecule has 1 aliphatic heterocycles. The fourth-order valence-corrected chi connectivity index (χ4v) is 3.62. The van der Waals surface area contributed by atoms with Gasteiger partial charge in [0.2, 0.25) is 0 Å². The van der Waals surface area contributed by atoms with Crippen LogP contribution < -0.4 is 0 Å². The van der Waals surface area contributed by atoms with Gasteiger partial charge in [-0.1, -0.05) is 19.9 Å². The molecule has 4 heterocycles. The Kier molecular flexibility index (Phi) is 4.07. The highest BCUT2D eigenvalue weighted by atomic mass is 16.3. The normalized spacial score (nSPS) is 17.7. The van der Waals surface area contributed by atoms with Gasteiger partial charge in [0.1, 0.15) is 11.6 Å². The fourth-order valence-electron chi connectivity index (χ4n) is 3.62. The molecule has 1 amide bonds. The van der Waals surface area contributed by atoms with E-state index in [0.717, 1.165) is 36.5 Å². The quantitative estimate of drug-likeness (QED) is 0.728. The summed E-state index contributed by atoms with van der Waals surface area (Å²) in [5.41, 5.74) is 1.46. The van der Waals surface area contributed by atoms with Crippen LogP contribution in [0.25, 0.3) is 5.52 Å². The molecule has 1 saturated heterocycles. The number of rotatable bonds is 4. The Balaban J connectivity index is 1.62. The maximum absolute atomic E-state index is 13.1. The molecule has 3 aromatic rings. The van der Waals surface area contributed by atoms with Gasteiger partial charge in [-0.3, -0.25) is 4.79 Å². The highest BCUT2D eigenvalue weighted by Crippen LogP contribution is 2.29. The zero-order valence-electron chi connectivity index (χ0n) is 14.7. The second-order valence-electron chi connectivity index (χ2n) is 7.18. The largest absolute Gasteiger partial charge is 0.469 e. The number of hydrogen-bond acceptors (Lipinski definition) is 3. The van der Waals surface area contributed by atoms with Crippen LogP contribution in [0.5, 0.6) is 0 Å². The molecule has 1 aliphatic rings. The van der Waals surface area contributed by atoms with Crippen LogP contribution in [-0.2, 0) is 6.42 Å². The van der Waals surface area contributed by atoms with Crippen LogP contribution in [0, 0.1) is 5.92 Å². The minimum Gasteiger partial charge on any atom is -0.469 e. The number of carbonyl (C=O) groups is 1. The van der Waals surface area contributed by atoms with E-state index in [4.69, 9.17) is 9.40 Å². The van der Waals surface area contributed by atoms with Crippen LogP contribution in [0.3, 0.4) is 0 Å². The Morgan fingerprint density at radius 1 is 1.32 bits per heavy atom. The van der Waals surface area contributed by atoms with Crippen molar-refractivity contribution >= 4 is 11.4 Å². The molecule has 0 bridgehead atoms. The summed E-state index contributed by atoms with van der Waals surface area (Å²) in [5, 5.41) is 0. The molecule has 0 saturated carbocycles. The van der Waals surface area contributed by atoms with E-state index < -0.39 is 0 Å². The minimum atomic E-state index is 0.0211. The first kappa shape index (κ1) is 15.9. The molecule has 5 heteroatoms. The lowest BCUT2D eigenvalue weighted by Crippen LogP contribution is -2.29. The maximum Gasteiger partial charge on any atom is 0.274 e. The first-order chi connectivity index (χ1) is 12.1. The van der Waals surface area contributed by atoms with Crippen LogP contribution in [0.2, 0.25) is 0 Å². The number of furan rings is 1. The number of pyridine rings is 1. The Labute approximate surface area is 147 Å². The van der Waals surface area contributed by atoms with Crippen LogP contribution in [0.15, 0.2) is 47.2 Å². The molecule has 1 unspecified atom stereocenters. The Bertz CT molecular complexity index is 880. The standard InChI is InChI=1S/C20H23N3O2/c1-14(2)12-18-21-19(16-6-3-4-9-23(16)18)20(24)22-10-8-15(13-22)17-7-5-11-25-17/h3-7,9,11,14-15H,8,10,12-13H2,1-2H3. The number of hydrogen-bond donors (Lipinski definition) is 0. The lowest BCUT2D eigenvalue weighted by atomic mass is 10.1. The minimum absolute atomic E-state index is 0.0211. The lowest BCUT2D eigenvalue weighted by molar-refractivity contribution is 0.0786. The predicted molar refractivity (Wildman–Crippen MR) is 95.7 cm³/mol. The van der Waals surface area contributed by atoms with E-state index in [2.05, 4.69) is 13.8 Å². The Hall–Kier alpha value is -2.56. The molecule has 0 spiro atoms. The summed E-state index contributed by atoms with van der Waals surface area (Å²) >= 11 is 0. The van der Waals surface area contributed by atoms with E-state index in [1.54, 1.807) is 6.26 Å². The summed E-state index contributed by atoms with van der Waals surface area (Å²) in [4.78, 5) is 19.7. The van der Waals surface area contributed by atoms with Crippen molar-refractivity contribution in [1.82, 2.24) is 14.3 Å². The Morgan fingerprint density at radius 3 is 2.96 bits per heavy atom. The summed E-state index contributed by atoms with van der Waals surface area (Å²) in [6.07, 6.45) is 5.48. The second kappa shape index (κ2) is 6.39. The van der Waals surface area contributed by atoms with Crippen molar-refractivity contribution in [2.75, 3.05) is 13.1 Å². The van der Waals surface area contributed by atoms with E-state index in [-0.39, 0.29) is 11.8 Å². The molecule has 3 aromatic heterocycles. The van der Waals surface area contributed by atoms with E-state index in [1.165, 1.54) is 0 Å². The molecule has 0 aromatic carbocycles. The van der Waals surface area contributed by atoms with Crippen molar-refractivity contribution in [3.05, 3.63) is 60.1 Å². The van der Waals surface area contributed by atoms with Gasteiger partial charge in [0.15, 0.2) is 5.69 Å². The number of aromatic nitrogens is 2. The monoisotopic (exact) mass is 337 g/mol. The van der Waals surface area contributed by atoms with Gasteiger partial charge in [-0.15, -0.1) is 0 Å². The zero-order chi connectivity index (χ0) is 17.4. The van der Waals surface area contributed by atoms with E-state index >= 15 is 0 Å². The Morgan fingerprint density at radius 2 is 2.20 bits per heavy atom. The molecular weight excluding hydrogens is 314 g/mol. The van der Waals surface area contributed by atoms with E-state index in [0.29, 0.717) is 18.2 Å². The van der Waals surface area contributed by atoms with Crippen molar-refractivity contribution in [3.8, 4) is 0 Å². The summed E-state index contributed by atoms with van der Waals surface area (Å²) in [6, 6.07) is 9.81. The summed E-state index contributed by atoms with van der Waals surface area (Å²) in [5.74, 6) is 2.71. The van der Waals surface area contributed by atoms with Gasteiger partial charge in [0, 0.05) is 31.6 Å². The van der Waals surface area contributed by atoms with E-state index in [9.17, 15) is 4.79 Å². The number of fused-ring (bicyclic) bond motifs is 1. The van der Waals surface area contributed by atoms with Gasteiger partial charge in [-0.05, 0) is 36.6 Å². The number of likely N-dealkylation sites (tertiary alicyclic amines) is 1. The van der Waals surface area contributed by atoms with Gasteiger partial charge in [0.25, 0.3) is 5.91 Å². The summed E-state index contributed by atoms with van der Waals surface area (Å²) in [7, 11) is 0. The van der Waals surface area contributed by atoms with Crippen molar-refractivity contribution < 1.29 is 9.21 Å². The molecular formula is C20H23N3O2. The van der Waals surface area contributed by atoms with Gasteiger partial charge in [-0.2, -0.15) is 0 Å². The average molecular weight is 337 g/mol. The lowest BCUT2D eigenvalue weighted by Gasteiger charge is -2.14. The summed E-state index contributed by atoms with van der Waals surface area (Å²) < 4.78 is 7.56. The fraction of sp³-hybridized carbons (Fsp3) is 0.400. The summed E-state index contributed by atoms with van der Waals surface area (Å²) in [6.45, 7) is 5.77. The number of nitrogens with zero attached hydrogens (tertiary/aromatic N) is 3. The number of imidazole rings is 1. The topological polar surface area (TPSA) is 50.8 Å². The van der Waals surface area contributed by atoms with E-state index in [1.807, 2.05) is 45.8 Å². The zero-order valence-corrected chi connectivity index (χ0v) is 14.7. The maximum atomic E-state index is 13.1. The van der Waals surface area contributed by atoms with Gasteiger partial charge in [0.05, 0.1) is 11.8 Å². The molecule has 5 nitrogen and oxygen atoms in total. The molecule has 4 rings (SSSR count). The van der Waals surface area contributed by atoms with Crippen LogP contribution in [0.1, 0.15) is 48.3 Å². The smallest absolute Gasteiger partial charge is 0.274 e. The third-order valence-corrected chi connectivity index (χ3v) is 4.84. The first-order valence-electron chi connectivity index (χ1n) is 8.92. The van der Waals surface area contributed by atoms with Crippen molar-refractivity contribution in [2.45, 2.75) is 32.6 Å². The number of amides is 1. The van der Waals surface area contributed by atoms with Crippen LogP contribution in [0.4, 0.5) is 0 Å². The average Bonchev–Trinajstić information content (AvgIpc) is 3.34. The second-order valence-corrected chi connectivity index (χ2v) is 7.18. The molecule has 0 aliphatic carbocycles. The van der Waals surface area contributed by atoms with Gasteiger partial charge < -0.3 is 13.7 Å². The van der Waals surface area contributed by atoms with Crippen molar-refractivity contribution in [3.63, 3.8) is 0 Å². The molecule has 0 radical (unpaired) electrons. The first-order valence-corrected chi connectivity index (χ1v) is 8.92. The predicted octanol–water partition coefficient (Wildman–Crippen LogP) is 3.76. The van der Waals surface area contributed by atoms with Gasteiger partial charge >= 0.3 is 0 Å². The van der Waals surface area contributed by atoms with Crippen molar-refractivity contribution in [2.24, 2.45) is 5.92 Å². The molecule has 1 atom stereocenters. The highest BCUT2D eigenvalue weighted by Gasteiger charge is 2.31. The van der Waals surface area contributed by atoms with Crippen LogP contribution in [-0.4, -0.2) is 33.3 Å². The van der Waals surface area contributed by atoms with Gasteiger partial charge in [-0.25, -0.2) is 4.98 Å². The molecule has 1 fully saturated rings. The molecule has 130 valence electrons. The third-order valence-electron chi connectivity index (χ3n) is 4.84. The SMILES string of the molecule is CC(C)Cc1nc(C(=O)N2CCC(c3ccco3)C2)c2ccccn12. The highest BCUT2D eigenvalue weighted by molar-refractivity contribution is 5.99.